The van der Waals surface area contributed by atoms with E-state index in [4.69, 9.17) is 0 Å². The molecule has 1 N–H and O–H groups in total. The van der Waals surface area contributed by atoms with Gasteiger partial charge in [-0.25, -0.2) is 0 Å². The van der Waals surface area contributed by atoms with E-state index in [9.17, 15) is 18.0 Å². The number of carbonyl (C=O) groups excluding carboxylic acids is 1. The van der Waals surface area contributed by atoms with Crippen molar-refractivity contribution < 1.29 is 18.0 Å². The molecular weight excluding hydrogens is 345 g/mol. The number of hydrogen-bond donors (Lipinski definition) is 1. The zero-order valence-corrected chi connectivity index (χ0v) is 14.2. The molecule has 1 aromatic carbocycles. The van der Waals surface area contributed by atoms with Gasteiger partial charge < -0.3 is 5.32 Å². The molecule has 1 fully saturated rings. The first-order valence-corrected chi connectivity index (χ1v) is 8.60. The Bertz CT molecular complexity index is 724. The van der Waals surface area contributed by atoms with Gasteiger partial charge in [0.15, 0.2) is 5.69 Å². The Kier molecular flexibility index (Phi) is 5.61. The van der Waals surface area contributed by atoms with Crippen LogP contribution in [0.25, 0.3) is 0 Å². The minimum absolute atomic E-state index is 0.0611. The molecule has 3 rings (SSSR count). The standard InChI is InChI=1S/C18H21F3N4O/c19-18(20,21)16-8-11-25(23-16)13-17(26)22-12-15(24-9-4-5-10-24)14-6-2-1-3-7-14/h1-3,6-8,11,15H,4-5,9-10,12-13H2,(H,22,26). The van der Waals surface area contributed by atoms with E-state index in [1.165, 1.54) is 0 Å². The summed E-state index contributed by atoms with van der Waals surface area (Å²) in [5, 5.41) is 6.24. The highest BCUT2D eigenvalue weighted by molar-refractivity contribution is 5.75. The molecular formula is C18H21F3N4O. The topological polar surface area (TPSA) is 50.2 Å². The van der Waals surface area contributed by atoms with E-state index >= 15 is 0 Å². The van der Waals surface area contributed by atoms with E-state index < -0.39 is 11.9 Å². The Morgan fingerprint density at radius 1 is 1.15 bits per heavy atom. The lowest BCUT2D eigenvalue weighted by atomic mass is 10.1. The largest absolute Gasteiger partial charge is 0.435 e. The van der Waals surface area contributed by atoms with Gasteiger partial charge in [-0.3, -0.25) is 14.4 Å². The Morgan fingerprint density at radius 3 is 2.46 bits per heavy atom. The molecule has 0 saturated carbocycles. The lowest BCUT2D eigenvalue weighted by Gasteiger charge is -2.28. The van der Waals surface area contributed by atoms with E-state index in [2.05, 4.69) is 15.3 Å². The summed E-state index contributed by atoms with van der Waals surface area (Å²) in [7, 11) is 0. The number of aromatic nitrogens is 2. The molecule has 2 aromatic rings. The highest BCUT2D eigenvalue weighted by Crippen LogP contribution is 2.27. The third-order valence-corrected chi connectivity index (χ3v) is 4.50. The molecule has 0 radical (unpaired) electrons. The summed E-state index contributed by atoms with van der Waals surface area (Å²) in [5.41, 5.74) is 0.123. The molecule has 0 spiro atoms. The molecule has 0 aliphatic carbocycles. The summed E-state index contributed by atoms with van der Waals surface area (Å²) in [6, 6.07) is 10.8. The molecule has 0 bridgehead atoms. The number of nitrogens with zero attached hydrogens (tertiary/aromatic N) is 3. The molecule has 1 aliphatic rings. The minimum Gasteiger partial charge on any atom is -0.353 e. The Morgan fingerprint density at radius 2 is 1.85 bits per heavy atom. The monoisotopic (exact) mass is 366 g/mol. The maximum atomic E-state index is 12.6. The van der Waals surface area contributed by atoms with Crippen LogP contribution in [0.1, 0.15) is 30.1 Å². The molecule has 140 valence electrons. The number of halogens is 3. The Hall–Kier alpha value is -2.35. The van der Waals surface area contributed by atoms with E-state index in [1.807, 2.05) is 30.3 Å². The van der Waals surface area contributed by atoms with Gasteiger partial charge in [0.1, 0.15) is 6.54 Å². The lowest BCUT2D eigenvalue weighted by molar-refractivity contribution is -0.141. The molecule has 1 aromatic heterocycles. The quantitative estimate of drug-likeness (QED) is 0.855. The zero-order chi connectivity index (χ0) is 18.6. The van der Waals surface area contributed by atoms with Crippen molar-refractivity contribution in [3.8, 4) is 0 Å². The first-order chi connectivity index (χ1) is 12.4. The zero-order valence-electron chi connectivity index (χ0n) is 14.2. The van der Waals surface area contributed by atoms with Crippen molar-refractivity contribution in [3.05, 3.63) is 53.9 Å². The van der Waals surface area contributed by atoms with Crippen molar-refractivity contribution >= 4 is 5.91 Å². The van der Waals surface area contributed by atoms with Crippen molar-refractivity contribution in [2.45, 2.75) is 31.6 Å². The fourth-order valence-corrected chi connectivity index (χ4v) is 3.20. The fourth-order valence-electron chi connectivity index (χ4n) is 3.20. The first kappa shape index (κ1) is 18.4. The lowest BCUT2D eigenvalue weighted by Crippen LogP contribution is -2.38. The Labute approximate surface area is 149 Å². The Balaban J connectivity index is 1.60. The summed E-state index contributed by atoms with van der Waals surface area (Å²) in [6.45, 7) is 2.13. The van der Waals surface area contributed by atoms with E-state index in [0.717, 1.165) is 48.4 Å². The van der Waals surface area contributed by atoms with E-state index in [0.29, 0.717) is 6.54 Å². The van der Waals surface area contributed by atoms with Crippen molar-refractivity contribution in [2.75, 3.05) is 19.6 Å². The molecule has 1 unspecified atom stereocenters. The highest BCUT2D eigenvalue weighted by Gasteiger charge is 2.33. The highest BCUT2D eigenvalue weighted by atomic mass is 19.4. The van der Waals surface area contributed by atoms with Crippen molar-refractivity contribution in [2.24, 2.45) is 0 Å². The molecule has 1 amide bonds. The number of benzene rings is 1. The van der Waals surface area contributed by atoms with Crippen LogP contribution in [0, 0.1) is 0 Å². The van der Waals surface area contributed by atoms with Gasteiger partial charge >= 0.3 is 6.18 Å². The van der Waals surface area contributed by atoms with Crippen LogP contribution in [0.15, 0.2) is 42.6 Å². The molecule has 1 aliphatic heterocycles. The molecule has 1 atom stereocenters. The average molecular weight is 366 g/mol. The minimum atomic E-state index is -4.50. The molecule has 5 nitrogen and oxygen atoms in total. The van der Waals surface area contributed by atoms with E-state index in [-0.39, 0.29) is 18.5 Å². The summed E-state index contributed by atoms with van der Waals surface area (Å²) in [4.78, 5) is 14.5. The second-order valence-corrected chi connectivity index (χ2v) is 6.37. The number of amides is 1. The molecule has 1 saturated heterocycles. The van der Waals surface area contributed by atoms with E-state index in [1.54, 1.807) is 0 Å². The summed E-state index contributed by atoms with van der Waals surface area (Å²) in [6.07, 6.45) is -1.08. The second kappa shape index (κ2) is 7.90. The van der Waals surface area contributed by atoms with Crippen LogP contribution in [0.2, 0.25) is 0 Å². The number of carbonyl (C=O) groups is 1. The third-order valence-electron chi connectivity index (χ3n) is 4.50. The van der Waals surface area contributed by atoms with Crippen LogP contribution >= 0.6 is 0 Å². The third kappa shape index (κ3) is 4.63. The van der Waals surface area contributed by atoms with Gasteiger partial charge in [-0.15, -0.1) is 0 Å². The number of alkyl halides is 3. The van der Waals surface area contributed by atoms with Crippen LogP contribution in [-0.2, 0) is 17.5 Å². The number of nitrogens with one attached hydrogen (secondary N) is 1. The SMILES string of the molecule is O=C(Cn1ccc(C(F)(F)F)n1)NCC(c1ccccc1)N1CCCC1. The average Bonchev–Trinajstić information content (AvgIpc) is 3.27. The molecule has 8 heteroatoms. The van der Waals surface area contributed by atoms with Crippen LogP contribution < -0.4 is 5.32 Å². The first-order valence-electron chi connectivity index (χ1n) is 8.60. The second-order valence-electron chi connectivity index (χ2n) is 6.37. The van der Waals surface area contributed by atoms with Crippen molar-refractivity contribution in [1.82, 2.24) is 20.0 Å². The molecule has 2 heterocycles. The van der Waals surface area contributed by atoms with Crippen LogP contribution in [-0.4, -0.2) is 40.2 Å². The van der Waals surface area contributed by atoms with Gasteiger partial charge in [0, 0.05) is 12.7 Å². The number of rotatable bonds is 6. The maximum absolute atomic E-state index is 12.6. The summed E-state index contributed by atoms with van der Waals surface area (Å²) >= 11 is 0. The van der Waals surface area contributed by atoms with Crippen molar-refractivity contribution in [1.29, 1.82) is 0 Å². The van der Waals surface area contributed by atoms with Gasteiger partial charge in [0.05, 0.1) is 6.04 Å². The maximum Gasteiger partial charge on any atom is 0.435 e. The molecule has 26 heavy (non-hydrogen) atoms. The van der Waals surface area contributed by atoms with Crippen LogP contribution in [0.4, 0.5) is 13.2 Å². The van der Waals surface area contributed by atoms with Crippen molar-refractivity contribution in [3.63, 3.8) is 0 Å². The fraction of sp³-hybridized carbons (Fsp3) is 0.444. The van der Waals surface area contributed by atoms with Gasteiger partial charge in [-0.2, -0.15) is 18.3 Å². The van der Waals surface area contributed by atoms with Crippen LogP contribution in [0.5, 0.6) is 0 Å². The van der Waals surface area contributed by atoms with Crippen LogP contribution in [0.3, 0.4) is 0 Å². The van der Waals surface area contributed by atoms with Gasteiger partial charge in [0.2, 0.25) is 5.91 Å². The van der Waals surface area contributed by atoms with Gasteiger partial charge in [0.25, 0.3) is 0 Å². The van der Waals surface area contributed by atoms with Gasteiger partial charge in [-0.05, 0) is 37.6 Å². The predicted molar refractivity (Wildman–Crippen MR) is 90.2 cm³/mol. The normalized spacial score (nSPS) is 16.6. The number of likely N-dealkylation sites (tertiary alicyclic amines) is 1. The number of hydrogen-bond acceptors (Lipinski definition) is 3. The van der Waals surface area contributed by atoms with Gasteiger partial charge in [-0.1, -0.05) is 30.3 Å². The summed E-state index contributed by atoms with van der Waals surface area (Å²) < 4.78 is 38.7. The summed E-state index contributed by atoms with van der Waals surface area (Å²) in [5.74, 6) is -0.359. The predicted octanol–water partition coefficient (Wildman–Crippen LogP) is 2.86. The smallest absolute Gasteiger partial charge is 0.353 e.